The lowest BCUT2D eigenvalue weighted by Gasteiger charge is -2.14. The van der Waals surface area contributed by atoms with E-state index in [1.54, 1.807) is 12.1 Å². The van der Waals surface area contributed by atoms with Gasteiger partial charge < -0.3 is 4.57 Å². The smallest absolute Gasteiger partial charge is 0.216 e. The zero-order valence-corrected chi connectivity index (χ0v) is 14.2. The minimum atomic E-state index is -3.39. The molecule has 0 aliphatic heterocycles. The molecule has 1 N–H and O–H groups in total. The van der Waals surface area contributed by atoms with Crippen molar-refractivity contribution in [1.29, 1.82) is 0 Å². The second-order valence-corrected chi connectivity index (χ2v) is 7.56. The number of aromatic nitrogens is 2. The third-order valence-corrected chi connectivity index (χ3v) is 5.11. The molecule has 0 saturated heterocycles. The Bertz CT molecular complexity index is 711. The monoisotopic (exact) mass is 341 g/mol. The lowest BCUT2D eigenvalue weighted by molar-refractivity contribution is 0.542. The van der Waals surface area contributed by atoms with Crippen molar-refractivity contribution in [2.24, 2.45) is 7.05 Å². The molecule has 0 aromatic carbocycles. The summed E-state index contributed by atoms with van der Waals surface area (Å²) in [7, 11) is -1.40. The van der Waals surface area contributed by atoms with E-state index in [2.05, 4.69) is 9.71 Å². The number of nitrogens with one attached hydrogen (secondary N) is 1. The molecule has 0 amide bonds. The first-order valence-electron chi connectivity index (χ1n) is 7.06. The maximum atomic E-state index is 12.1. The van der Waals surface area contributed by atoms with Crippen LogP contribution < -0.4 is 4.72 Å². The Morgan fingerprint density at radius 3 is 2.73 bits per heavy atom. The van der Waals surface area contributed by atoms with Gasteiger partial charge in [-0.25, -0.2) is 18.1 Å². The molecule has 1 unspecified atom stereocenters. The number of nitrogens with zero attached hydrogens (tertiary/aromatic N) is 2. The molecule has 0 bridgehead atoms. The fourth-order valence-electron chi connectivity index (χ4n) is 2.24. The average molecular weight is 342 g/mol. The van der Waals surface area contributed by atoms with E-state index in [0.717, 1.165) is 12.8 Å². The van der Waals surface area contributed by atoms with Gasteiger partial charge in [0, 0.05) is 31.2 Å². The van der Waals surface area contributed by atoms with Gasteiger partial charge in [0.15, 0.2) is 0 Å². The molecule has 0 saturated carbocycles. The maximum Gasteiger partial charge on any atom is 0.216 e. The van der Waals surface area contributed by atoms with Crippen molar-refractivity contribution in [1.82, 2.24) is 14.3 Å². The molecule has 2 aromatic rings. The van der Waals surface area contributed by atoms with E-state index in [1.165, 1.54) is 11.9 Å². The molecular weight excluding hydrogens is 322 g/mol. The predicted octanol–water partition coefficient (Wildman–Crippen LogP) is 2.51. The number of pyridine rings is 1. The largest absolute Gasteiger partial charge is 0.354 e. The number of aryl methyl sites for hydroxylation is 2. The van der Waals surface area contributed by atoms with Crippen LogP contribution in [0.4, 0.5) is 0 Å². The molecule has 0 fully saturated rings. The van der Waals surface area contributed by atoms with Gasteiger partial charge in [-0.3, -0.25) is 0 Å². The van der Waals surface area contributed by atoms with Crippen molar-refractivity contribution >= 4 is 21.6 Å². The van der Waals surface area contributed by atoms with Crippen LogP contribution in [0.1, 0.15) is 24.6 Å². The number of rotatable bonds is 7. The fourth-order valence-corrected chi connectivity index (χ4v) is 3.77. The van der Waals surface area contributed by atoms with Crippen molar-refractivity contribution in [3.8, 4) is 0 Å². The third kappa shape index (κ3) is 5.12. The maximum absolute atomic E-state index is 12.1. The van der Waals surface area contributed by atoms with Crippen LogP contribution in [0, 0.1) is 0 Å². The van der Waals surface area contributed by atoms with Crippen molar-refractivity contribution in [3.05, 3.63) is 53.1 Å². The first kappa shape index (κ1) is 17.0. The summed E-state index contributed by atoms with van der Waals surface area (Å²) >= 11 is 5.69. The van der Waals surface area contributed by atoms with Crippen molar-refractivity contribution in [2.75, 3.05) is 0 Å². The van der Waals surface area contributed by atoms with E-state index in [1.807, 2.05) is 36.9 Å². The Morgan fingerprint density at radius 2 is 2.14 bits per heavy atom. The molecule has 0 spiro atoms. The van der Waals surface area contributed by atoms with Gasteiger partial charge in [0.25, 0.3) is 0 Å². The van der Waals surface area contributed by atoms with Crippen LogP contribution in [-0.4, -0.2) is 24.0 Å². The Kier molecular flexibility index (Phi) is 5.61. The van der Waals surface area contributed by atoms with E-state index in [0.29, 0.717) is 10.7 Å². The molecule has 2 heterocycles. The van der Waals surface area contributed by atoms with Gasteiger partial charge in [-0.05, 0) is 43.5 Å². The van der Waals surface area contributed by atoms with Crippen molar-refractivity contribution in [3.63, 3.8) is 0 Å². The number of halogens is 1. The molecule has 22 heavy (non-hydrogen) atoms. The molecule has 1 atom stereocenters. The molecule has 0 radical (unpaired) electrons. The topological polar surface area (TPSA) is 64.0 Å². The highest BCUT2D eigenvalue weighted by atomic mass is 35.5. The lowest BCUT2D eigenvalue weighted by atomic mass is 10.1. The van der Waals surface area contributed by atoms with E-state index < -0.39 is 10.0 Å². The first-order valence-corrected chi connectivity index (χ1v) is 9.09. The SMILES string of the molecule is CC(CCc1cccn1C)NS(=O)(=O)Cc1ccc(Cl)nc1. The summed E-state index contributed by atoms with van der Waals surface area (Å²) in [6.45, 7) is 1.88. The molecular formula is C15H20ClN3O2S. The van der Waals surface area contributed by atoms with Crippen LogP contribution >= 0.6 is 11.6 Å². The summed E-state index contributed by atoms with van der Waals surface area (Å²) in [5, 5.41) is 0.352. The quantitative estimate of drug-likeness (QED) is 0.787. The Morgan fingerprint density at radius 1 is 1.36 bits per heavy atom. The third-order valence-electron chi connectivity index (χ3n) is 3.41. The molecule has 0 aliphatic rings. The van der Waals surface area contributed by atoms with Crippen LogP contribution in [0.25, 0.3) is 0 Å². The molecule has 7 heteroatoms. The van der Waals surface area contributed by atoms with Crippen LogP contribution in [0.2, 0.25) is 5.15 Å². The highest BCUT2D eigenvalue weighted by Crippen LogP contribution is 2.10. The first-order chi connectivity index (χ1) is 10.4. The van der Waals surface area contributed by atoms with E-state index in [9.17, 15) is 8.42 Å². The number of hydrogen-bond donors (Lipinski definition) is 1. The van der Waals surface area contributed by atoms with Gasteiger partial charge in [0.05, 0.1) is 5.75 Å². The number of hydrogen-bond acceptors (Lipinski definition) is 3. The zero-order valence-electron chi connectivity index (χ0n) is 12.7. The minimum Gasteiger partial charge on any atom is -0.354 e. The van der Waals surface area contributed by atoms with Gasteiger partial charge >= 0.3 is 0 Å². The van der Waals surface area contributed by atoms with E-state index in [4.69, 9.17) is 11.6 Å². The predicted molar refractivity (Wildman–Crippen MR) is 88.2 cm³/mol. The second-order valence-electron chi connectivity index (χ2n) is 5.42. The van der Waals surface area contributed by atoms with Crippen LogP contribution in [0.3, 0.4) is 0 Å². The Hall–Kier alpha value is -1.37. The minimum absolute atomic E-state index is 0.0916. The molecule has 2 aromatic heterocycles. The molecule has 5 nitrogen and oxygen atoms in total. The van der Waals surface area contributed by atoms with Crippen molar-refractivity contribution in [2.45, 2.75) is 31.6 Å². The van der Waals surface area contributed by atoms with E-state index in [-0.39, 0.29) is 11.8 Å². The molecule has 120 valence electrons. The summed E-state index contributed by atoms with van der Waals surface area (Å²) in [6, 6.07) is 7.16. The lowest BCUT2D eigenvalue weighted by Crippen LogP contribution is -2.34. The second kappa shape index (κ2) is 7.26. The zero-order chi connectivity index (χ0) is 16.2. The van der Waals surface area contributed by atoms with Gasteiger partial charge in [0.2, 0.25) is 10.0 Å². The summed E-state index contributed by atoms with van der Waals surface area (Å²) in [5.41, 5.74) is 1.81. The van der Waals surface area contributed by atoms with Gasteiger partial charge in [0.1, 0.15) is 5.15 Å². The Labute approximate surface area is 136 Å². The van der Waals surface area contributed by atoms with Crippen LogP contribution in [0.5, 0.6) is 0 Å². The molecule has 2 rings (SSSR count). The van der Waals surface area contributed by atoms with Crippen LogP contribution in [-0.2, 0) is 29.2 Å². The van der Waals surface area contributed by atoms with Crippen molar-refractivity contribution < 1.29 is 8.42 Å². The normalized spacial score (nSPS) is 13.2. The summed E-state index contributed by atoms with van der Waals surface area (Å²) < 4.78 is 29.0. The summed E-state index contributed by atoms with van der Waals surface area (Å²) in [6.07, 6.45) is 5.04. The van der Waals surface area contributed by atoms with Gasteiger partial charge in [-0.1, -0.05) is 17.7 Å². The Balaban J connectivity index is 1.88. The fraction of sp³-hybridized carbons (Fsp3) is 0.400. The van der Waals surface area contributed by atoms with Gasteiger partial charge in [-0.15, -0.1) is 0 Å². The average Bonchev–Trinajstić information content (AvgIpc) is 2.84. The van der Waals surface area contributed by atoms with Gasteiger partial charge in [-0.2, -0.15) is 0 Å². The molecule has 0 aliphatic carbocycles. The van der Waals surface area contributed by atoms with Crippen LogP contribution in [0.15, 0.2) is 36.7 Å². The van der Waals surface area contributed by atoms with E-state index >= 15 is 0 Å². The highest BCUT2D eigenvalue weighted by molar-refractivity contribution is 7.88. The summed E-state index contributed by atoms with van der Waals surface area (Å²) in [5.74, 6) is -0.0916. The number of sulfonamides is 1. The summed E-state index contributed by atoms with van der Waals surface area (Å²) in [4.78, 5) is 3.89. The highest BCUT2D eigenvalue weighted by Gasteiger charge is 2.16. The standard InChI is InChI=1S/C15H20ClN3O2S/c1-12(5-7-14-4-3-9-19(14)2)18-22(20,21)11-13-6-8-15(16)17-10-13/h3-4,6,8-10,12,18H,5,7,11H2,1-2H3.